The summed E-state index contributed by atoms with van der Waals surface area (Å²) in [6.45, 7) is 7.90. The van der Waals surface area contributed by atoms with Gasteiger partial charge in [0.2, 0.25) is 0 Å². The summed E-state index contributed by atoms with van der Waals surface area (Å²) in [6.07, 6.45) is 4.47. The van der Waals surface area contributed by atoms with Crippen molar-refractivity contribution in [3.63, 3.8) is 0 Å². The van der Waals surface area contributed by atoms with Gasteiger partial charge < -0.3 is 9.88 Å². The molecule has 0 fully saturated rings. The largest absolute Gasteiger partial charge is 0.369 e. The third-order valence-electron chi connectivity index (χ3n) is 2.88. The van der Waals surface area contributed by atoms with Crippen LogP contribution in [0.4, 0.5) is 5.82 Å². The third-order valence-corrected chi connectivity index (χ3v) is 3.71. The van der Waals surface area contributed by atoms with Crippen molar-refractivity contribution in [2.45, 2.75) is 33.7 Å². The average molecular weight is 324 g/mol. The van der Waals surface area contributed by atoms with Gasteiger partial charge in [0, 0.05) is 13.1 Å². The summed E-state index contributed by atoms with van der Waals surface area (Å²) in [6, 6.07) is 0. The molecule has 0 radical (unpaired) electrons. The molecule has 0 spiro atoms. The summed E-state index contributed by atoms with van der Waals surface area (Å²) >= 11 is 3.57. The Kier molecular flexibility index (Phi) is 4.52. The molecule has 19 heavy (non-hydrogen) atoms. The molecule has 1 N–H and O–H groups in total. The quantitative estimate of drug-likeness (QED) is 0.918. The van der Waals surface area contributed by atoms with Crippen molar-refractivity contribution in [2.24, 2.45) is 0 Å². The molecule has 2 heterocycles. The zero-order chi connectivity index (χ0) is 13.8. The lowest BCUT2D eigenvalue weighted by Gasteiger charge is -2.12. The molecule has 6 heteroatoms. The van der Waals surface area contributed by atoms with Crippen LogP contribution >= 0.6 is 15.9 Å². The second-order valence-corrected chi connectivity index (χ2v) is 4.90. The Labute approximate surface area is 121 Å². The molecule has 0 amide bonds. The second-order valence-electron chi connectivity index (χ2n) is 4.11. The van der Waals surface area contributed by atoms with E-state index in [1.165, 1.54) is 0 Å². The van der Waals surface area contributed by atoms with E-state index in [0.29, 0.717) is 0 Å². The standard InChI is InChI=1S/C13H18BrN5/c1-4-9-11(14)13(16-5-2)18-12(17-9)10-7-15-8-19(10)6-3/h7-8H,4-6H2,1-3H3,(H,16,17,18). The van der Waals surface area contributed by atoms with E-state index in [9.17, 15) is 0 Å². The van der Waals surface area contributed by atoms with Gasteiger partial charge in [-0.25, -0.2) is 15.0 Å². The first-order valence-corrected chi connectivity index (χ1v) is 7.31. The van der Waals surface area contributed by atoms with Gasteiger partial charge in [-0.2, -0.15) is 0 Å². The van der Waals surface area contributed by atoms with Crippen molar-refractivity contribution in [1.82, 2.24) is 19.5 Å². The van der Waals surface area contributed by atoms with E-state index >= 15 is 0 Å². The van der Waals surface area contributed by atoms with Gasteiger partial charge in [0.15, 0.2) is 5.82 Å². The summed E-state index contributed by atoms with van der Waals surface area (Å²) in [5.74, 6) is 1.56. The maximum absolute atomic E-state index is 4.63. The molecule has 2 rings (SSSR count). The zero-order valence-corrected chi connectivity index (χ0v) is 13.0. The Hall–Kier alpha value is -1.43. The van der Waals surface area contributed by atoms with Crippen LogP contribution in [0, 0.1) is 0 Å². The Bertz CT molecular complexity index is 564. The molecule has 2 aromatic heterocycles. The number of aryl methyl sites for hydroxylation is 2. The summed E-state index contributed by atoms with van der Waals surface area (Å²) in [7, 11) is 0. The van der Waals surface area contributed by atoms with E-state index in [2.05, 4.69) is 57.0 Å². The maximum atomic E-state index is 4.63. The number of aromatic nitrogens is 4. The first-order chi connectivity index (χ1) is 9.21. The Morgan fingerprint density at radius 2 is 2.05 bits per heavy atom. The number of nitrogens with one attached hydrogen (secondary N) is 1. The monoisotopic (exact) mass is 323 g/mol. The minimum atomic E-state index is 0.718. The van der Waals surface area contributed by atoms with Crippen molar-refractivity contribution in [3.8, 4) is 11.5 Å². The van der Waals surface area contributed by atoms with Crippen LogP contribution in [0.2, 0.25) is 0 Å². The van der Waals surface area contributed by atoms with E-state index in [0.717, 1.165) is 47.0 Å². The van der Waals surface area contributed by atoms with Crippen LogP contribution in [0.15, 0.2) is 17.0 Å². The lowest BCUT2D eigenvalue weighted by atomic mass is 10.3. The minimum Gasteiger partial charge on any atom is -0.369 e. The number of hydrogen-bond acceptors (Lipinski definition) is 4. The topological polar surface area (TPSA) is 55.6 Å². The number of nitrogens with zero attached hydrogens (tertiary/aromatic N) is 4. The number of imidazole rings is 1. The summed E-state index contributed by atoms with van der Waals surface area (Å²) < 4.78 is 2.99. The normalized spacial score (nSPS) is 10.7. The van der Waals surface area contributed by atoms with Gasteiger partial charge in [0.05, 0.1) is 22.7 Å². The smallest absolute Gasteiger partial charge is 0.180 e. The fourth-order valence-corrected chi connectivity index (χ4v) is 2.48. The molecular weight excluding hydrogens is 306 g/mol. The lowest BCUT2D eigenvalue weighted by molar-refractivity contribution is 0.762. The van der Waals surface area contributed by atoms with Gasteiger partial charge in [0.1, 0.15) is 11.5 Å². The first kappa shape index (κ1) is 14.0. The number of rotatable bonds is 5. The minimum absolute atomic E-state index is 0.718. The Morgan fingerprint density at radius 3 is 2.68 bits per heavy atom. The lowest BCUT2D eigenvalue weighted by Crippen LogP contribution is -2.07. The van der Waals surface area contributed by atoms with Gasteiger partial charge in [-0.3, -0.25) is 0 Å². The van der Waals surface area contributed by atoms with Crippen LogP contribution < -0.4 is 5.32 Å². The maximum Gasteiger partial charge on any atom is 0.180 e. The molecule has 0 saturated carbocycles. The molecule has 0 aliphatic rings. The van der Waals surface area contributed by atoms with Crippen LogP contribution in [0.5, 0.6) is 0 Å². The van der Waals surface area contributed by atoms with Crippen molar-refractivity contribution < 1.29 is 0 Å². The predicted molar refractivity (Wildman–Crippen MR) is 80.2 cm³/mol. The number of anilines is 1. The zero-order valence-electron chi connectivity index (χ0n) is 11.4. The van der Waals surface area contributed by atoms with Gasteiger partial charge in [-0.1, -0.05) is 6.92 Å². The molecule has 0 aliphatic carbocycles. The van der Waals surface area contributed by atoms with Crippen LogP contribution in [0.25, 0.3) is 11.5 Å². The first-order valence-electron chi connectivity index (χ1n) is 6.51. The van der Waals surface area contributed by atoms with Crippen molar-refractivity contribution in [3.05, 3.63) is 22.7 Å². The van der Waals surface area contributed by atoms with E-state index < -0.39 is 0 Å². The molecule has 102 valence electrons. The van der Waals surface area contributed by atoms with Crippen LogP contribution in [-0.2, 0) is 13.0 Å². The predicted octanol–water partition coefficient (Wildman–Crippen LogP) is 3.12. The Morgan fingerprint density at radius 1 is 1.26 bits per heavy atom. The van der Waals surface area contributed by atoms with Crippen LogP contribution in [0.1, 0.15) is 26.5 Å². The fraction of sp³-hybridized carbons (Fsp3) is 0.462. The Balaban J connectivity index is 2.54. The SMILES string of the molecule is CCNc1nc(-c2cncn2CC)nc(CC)c1Br. The highest BCUT2D eigenvalue weighted by atomic mass is 79.9. The van der Waals surface area contributed by atoms with Crippen LogP contribution in [-0.4, -0.2) is 26.1 Å². The van der Waals surface area contributed by atoms with Crippen molar-refractivity contribution in [1.29, 1.82) is 0 Å². The van der Waals surface area contributed by atoms with Gasteiger partial charge in [-0.15, -0.1) is 0 Å². The molecule has 0 aromatic carbocycles. The van der Waals surface area contributed by atoms with Crippen molar-refractivity contribution >= 4 is 21.7 Å². The van der Waals surface area contributed by atoms with E-state index in [1.54, 1.807) is 6.33 Å². The molecule has 0 atom stereocenters. The van der Waals surface area contributed by atoms with E-state index in [4.69, 9.17) is 0 Å². The molecule has 0 aliphatic heterocycles. The second kappa shape index (κ2) is 6.14. The number of halogens is 1. The van der Waals surface area contributed by atoms with E-state index in [1.807, 2.05) is 10.8 Å². The third kappa shape index (κ3) is 2.78. The molecule has 0 bridgehead atoms. The molecular formula is C13H18BrN5. The fourth-order valence-electron chi connectivity index (χ4n) is 1.89. The average Bonchev–Trinajstić information content (AvgIpc) is 2.89. The molecule has 5 nitrogen and oxygen atoms in total. The molecule has 2 aromatic rings. The van der Waals surface area contributed by atoms with Gasteiger partial charge in [0.25, 0.3) is 0 Å². The number of hydrogen-bond donors (Lipinski definition) is 1. The molecule has 0 saturated heterocycles. The summed E-state index contributed by atoms with van der Waals surface area (Å²) in [4.78, 5) is 13.4. The summed E-state index contributed by atoms with van der Waals surface area (Å²) in [5.41, 5.74) is 1.95. The van der Waals surface area contributed by atoms with Crippen LogP contribution in [0.3, 0.4) is 0 Å². The highest BCUT2D eigenvalue weighted by Gasteiger charge is 2.14. The highest BCUT2D eigenvalue weighted by Crippen LogP contribution is 2.27. The van der Waals surface area contributed by atoms with Gasteiger partial charge in [-0.05, 0) is 36.2 Å². The summed E-state index contributed by atoms with van der Waals surface area (Å²) in [5, 5.41) is 3.26. The highest BCUT2D eigenvalue weighted by molar-refractivity contribution is 9.10. The van der Waals surface area contributed by atoms with E-state index in [-0.39, 0.29) is 0 Å². The van der Waals surface area contributed by atoms with Gasteiger partial charge >= 0.3 is 0 Å². The van der Waals surface area contributed by atoms with Crippen molar-refractivity contribution in [2.75, 3.05) is 11.9 Å². The molecule has 0 unspecified atom stereocenters.